The first-order chi connectivity index (χ1) is 9.65. The van der Waals surface area contributed by atoms with Crippen molar-refractivity contribution in [2.75, 3.05) is 18.0 Å². The predicted molar refractivity (Wildman–Crippen MR) is 87.4 cm³/mol. The van der Waals surface area contributed by atoms with Gasteiger partial charge in [-0.15, -0.1) is 0 Å². The molecule has 0 heterocycles. The van der Waals surface area contributed by atoms with E-state index in [9.17, 15) is 0 Å². The van der Waals surface area contributed by atoms with Crippen molar-refractivity contribution in [2.45, 2.75) is 19.9 Å². The molecular formula is C17H21ClN2. The first-order valence-electron chi connectivity index (χ1n) is 6.94. The average Bonchev–Trinajstić information content (AvgIpc) is 2.44. The van der Waals surface area contributed by atoms with E-state index in [1.54, 1.807) is 0 Å². The molecule has 0 fully saturated rings. The molecular weight excluding hydrogens is 268 g/mol. The summed E-state index contributed by atoms with van der Waals surface area (Å²) in [6, 6.07) is 16.6. The number of likely N-dealkylation sites (N-methyl/N-ethyl adjacent to an activating group) is 1. The third kappa shape index (κ3) is 3.33. The molecule has 0 amide bonds. The maximum absolute atomic E-state index is 6.11. The van der Waals surface area contributed by atoms with Gasteiger partial charge in [0.25, 0.3) is 0 Å². The molecule has 2 rings (SSSR count). The SMILES string of the molecule is CCN(c1cccc(C)c1)C(CN)c1cccc(Cl)c1. The van der Waals surface area contributed by atoms with Crippen molar-refractivity contribution in [1.29, 1.82) is 0 Å². The molecule has 0 bridgehead atoms. The van der Waals surface area contributed by atoms with Crippen molar-refractivity contribution >= 4 is 17.3 Å². The Hall–Kier alpha value is -1.51. The number of rotatable bonds is 5. The maximum atomic E-state index is 6.11. The van der Waals surface area contributed by atoms with Gasteiger partial charge in [0.05, 0.1) is 6.04 Å². The minimum atomic E-state index is 0.139. The third-order valence-corrected chi connectivity index (χ3v) is 3.74. The van der Waals surface area contributed by atoms with Crippen molar-refractivity contribution in [2.24, 2.45) is 5.73 Å². The molecule has 3 heteroatoms. The van der Waals surface area contributed by atoms with Crippen molar-refractivity contribution in [1.82, 2.24) is 0 Å². The normalized spacial score (nSPS) is 12.2. The van der Waals surface area contributed by atoms with Crippen LogP contribution in [-0.4, -0.2) is 13.1 Å². The van der Waals surface area contributed by atoms with Gasteiger partial charge in [-0.1, -0.05) is 35.9 Å². The number of aryl methyl sites for hydroxylation is 1. The molecule has 20 heavy (non-hydrogen) atoms. The van der Waals surface area contributed by atoms with Gasteiger partial charge in [0.15, 0.2) is 0 Å². The molecule has 1 atom stereocenters. The number of halogens is 1. The van der Waals surface area contributed by atoms with Gasteiger partial charge < -0.3 is 10.6 Å². The summed E-state index contributed by atoms with van der Waals surface area (Å²) in [5, 5.41) is 0.751. The molecule has 0 aliphatic rings. The van der Waals surface area contributed by atoms with E-state index in [1.807, 2.05) is 18.2 Å². The lowest BCUT2D eigenvalue weighted by molar-refractivity contribution is 0.643. The average molecular weight is 289 g/mol. The maximum Gasteiger partial charge on any atom is 0.0665 e. The molecule has 0 saturated carbocycles. The Kier molecular flexibility index (Phi) is 5.05. The Bertz CT molecular complexity index is 517. The Morgan fingerprint density at radius 1 is 1.15 bits per heavy atom. The summed E-state index contributed by atoms with van der Waals surface area (Å²) >= 11 is 6.11. The molecule has 0 spiro atoms. The van der Waals surface area contributed by atoms with Gasteiger partial charge in [0.2, 0.25) is 0 Å². The Morgan fingerprint density at radius 2 is 1.90 bits per heavy atom. The predicted octanol–water partition coefficient (Wildman–Crippen LogP) is 4.17. The van der Waals surface area contributed by atoms with Gasteiger partial charge in [0, 0.05) is 23.8 Å². The quantitative estimate of drug-likeness (QED) is 0.894. The largest absolute Gasteiger partial charge is 0.363 e. The van der Waals surface area contributed by atoms with E-state index in [1.165, 1.54) is 11.3 Å². The summed E-state index contributed by atoms with van der Waals surface area (Å²) < 4.78 is 0. The van der Waals surface area contributed by atoms with Gasteiger partial charge >= 0.3 is 0 Å². The third-order valence-electron chi connectivity index (χ3n) is 3.51. The molecule has 106 valence electrons. The molecule has 0 aliphatic carbocycles. The van der Waals surface area contributed by atoms with E-state index in [4.69, 9.17) is 17.3 Å². The molecule has 2 aromatic carbocycles. The van der Waals surface area contributed by atoms with Crippen LogP contribution in [-0.2, 0) is 0 Å². The fourth-order valence-corrected chi connectivity index (χ4v) is 2.75. The smallest absolute Gasteiger partial charge is 0.0665 e. The molecule has 2 N–H and O–H groups in total. The summed E-state index contributed by atoms with van der Waals surface area (Å²) in [5.74, 6) is 0. The molecule has 0 radical (unpaired) electrons. The van der Waals surface area contributed by atoms with Crippen LogP contribution in [0, 0.1) is 6.92 Å². The van der Waals surface area contributed by atoms with Crippen molar-refractivity contribution in [3.8, 4) is 0 Å². The van der Waals surface area contributed by atoms with Crippen LogP contribution >= 0.6 is 11.6 Å². The topological polar surface area (TPSA) is 29.3 Å². The van der Waals surface area contributed by atoms with E-state index >= 15 is 0 Å². The highest BCUT2D eigenvalue weighted by molar-refractivity contribution is 6.30. The van der Waals surface area contributed by atoms with E-state index in [0.29, 0.717) is 6.54 Å². The minimum absolute atomic E-state index is 0.139. The van der Waals surface area contributed by atoms with Crippen LogP contribution in [0.25, 0.3) is 0 Å². The Balaban J connectivity index is 2.37. The van der Waals surface area contributed by atoms with E-state index < -0.39 is 0 Å². The summed E-state index contributed by atoms with van der Waals surface area (Å²) in [5.41, 5.74) is 9.63. The standard InChI is InChI=1S/C17H21ClN2/c1-3-20(16-9-4-6-13(2)10-16)17(12-19)14-7-5-8-15(18)11-14/h4-11,17H,3,12,19H2,1-2H3. The van der Waals surface area contributed by atoms with Crippen LogP contribution in [0.3, 0.4) is 0 Å². The van der Waals surface area contributed by atoms with Crippen LogP contribution < -0.4 is 10.6 Å². The lowest BCUT2D eigenvalue weighted by atomic mass is 10.0. The number of anilines is 1. The first kappa shape index (κ1) is 14.9. The summed E-state index contributed by atoms with van der Waals surface area (Å²) in [4.78, 5) is 2.32. The monoisotopic (exact) mass is 288 g/mol. The van der Waals surface area contributed by atoms with Gasteiger partial charge in [-0.25, -0.2) is 0 Å². The van der Waals surface area contributed by atoms with Crippen molar-refractivity contribution in [3.63, 3.8) is 0 Å². The number of hydrogen-bond donors (Lipinski definition) is 1. The molecule has 2 nitrogen and oxygen atoms in total. The van der Waals surface area contributed by atoms with Gasteiger partial charge in [-0.3, -0.25) is 0 Å². The second-order valence-electron chi connectivity index (χ2n) is 4.93. The van der Waals surface area contributed by atoms with E-state index in [-0.39, 0.29) is 6.04 Å². The zero-order valence-corrected chi connectivity index (χ0v) is 12.8. The number of nitrogens with two attached hydrogens (primary N) is 1. The van der Waals surface area contributed by atoms with Crippen LogP contribution in [0.4, 0.5) is 5.69 Å². The molecule has 0 saturated heterocycles. The number of benzene rings is 2. The second-order valence-corrected chi connectivity index (χ2v) is 5.37. The Morgan fingerprint density at radius 3 is 2.50 bits per heavy atom. The van der Waals surface area contributed by atoms with Crippen LogP contribution in [0.5, 0.6) is 0 Å². The van der Waals surface area contributed by atoms with Crippen LogP contribution in [0.2, 0.25) is 5.02 Å². The first-order valence-corrected chi connectivity index (χ1v) is 7.32. The zero-order valence-electron chi connectivity index (χ0n) is 12.0. The molecule has 0 aliphatic heterocycles. The van der Waals surface area contributed by atoms with Crippen molar-refractivity contribution in [3.05, 3.63) is 64.7 Å². The van der Waals surface area contributed by atoms with E-state index in [0.717, 1.165) is 17.1 Å². The molecule has 0 aromatic heterocycles. The van der Waals surface area contributed by atoms with E-state index in [2.05, 4.69) is 49.1 Å². The van der Waals surface area contributed by atoms with Gasteiger partial charge in [0.1, 0.15) is 0 Å². The summed E-state index contributed by atoms with van der Waals surface area (Å²) in [6.45, 7) is 5.71. The highest BCUT2D eigenvalue weighted by Gasteiger charge is 2.18. The Labute approximate surface area is 126 Å². The zero-order chi connectivity index (χ0) is 14.5. The van der Waals surface area contributed by atoms with Crippen LogP contribution in [0.15, 0.2) is 48.5 Å². The van der Waals surface area contributed by atoms with Gasteiger partial charge in [-0.05, 0) is 49.2 Å². The fraction of sp³-hybridized carbons (Fsp3) is 0.294. The number of hydrogen-bond acceptors (Lipinski definition) is 2. The highest BCUT2D eigenvalue weighted by Crippen LogP contribution is 2.28. The summed E-state index contributed by atoms with van der Waals surface area (Å²) in [6.07, 6.45) is 0. The summed E-state index contributed by atoms with van der Waals surface area (Å²) in [7, 11) is 0. The second kappa shape index (κ2) is 6.78. The fourth-order valence-electron chi connectivity index (χ4n) is 2.55. The molecule has 1 unspecified atom stereocenters. The van der Waals surface area contributed by atoms with Crippen LogP contribution in [0.1, 0.15) is 24.1 Å². The lowest BCUT2D eigenvalue weighted by Gasteiger charge is -2.32. The molecule has 2 aromatic rings. The minimum Gasteiger partial charge on any atom is -0.363 e. The lowest BCUT2D eigenvalue weighted by Crippen LogP contribution is -2.33. The number of nitrogens with zero attached hydrogens (tertiary/aromatic N) is 1. The van der Waals surface area contributed by atoms with Gasteiger partial charge in [-0.2, -0.15) is 0 Å². The highest BCUT2D eigenvalue weighted by atomic mass is 35.5. The van der Waals surface area contributed by atoms with Crippen molar-refractivity contribution < 1.29 is 0 Å².